The van der Waals surface area contributed by atoms with Crippen molar-refractivity contribution in [3.05, 3.63) is 35.9 Å². The Morgan fingerprint density at radius 3 is 2.67 bits per heavy atom. The molecule has 1 amide bonds. The summed E-state index contributed by atoms with van der Waals surface area (Å²) >= 11 is 4.95. The molecule has 18 heavy (non-hydrogen) atoms. The van der Waals surface area contributed by atoms with Gasteiger partial charge in [-0.1, -0.05) is 30.3 Å². The van der Waals surface area contributed by atoms with Gasteiger partial charge in [0, 0.05) is 6.54 Å². The molecule has 3 N–H and O–H groups in total. The molecule has 1 aromatic rings. The Morgan fingerprint density at radius 1 is 1.28 bits per heavy atom. The number of amides is 1. The lowest BCUT2D eigenvalue weighted by Gasteiger charge is -2.10. The summed E-state index contributed by atoms with van der Waals surface area (Å²) in [5, 5.41) is 11.6. The second-order valence-corrected chi connectivity index (χ2v) is 3.91. The summed E-state index contributed by atoms with van der Waals surface area (Å²) < 4.78 is 0. The van der Waals surface area contributed by atoms with Crippen molar-refractivity contribution in [2.75, 3.05) is 6.54 Å². The normalized spacial score (nSPS) is 9.06. The highest BCUT2D eigenvalue weighted by atomic mass is 32.1. The van der Waals surface area contributed by atoms with Crippen molar-refractivity contribution in [2.24, 2.45) is 0 Å². The highest BCUT2D eigenvalue weighted by molar-refractivity contribution is 7.80. The number of hydrazine groups is 1. The van der Waals surface area contributed by atoms with E-state index in [2.05, 4.69) is 16.2 Å². The predicted octanol–water partition coefficient (Wildman–Crippen LogP) is 0.638. The van der Waals surface area contributed by atoms with E-state index >= 15 is 0 Å². The lowest BCUT2D eigenvalue weighted by Crippen LogP contribution is -2.47. The Morgan fingerprint density at radius 2 is 2.00 bits per heavy atom. The first-order chi connectivity index (χ1) is 8.72. The highest BCUT2D eigenvalue weighted by Crippen LogP contribution is 1.97. The molecule has 0 aliphatic heterocycles. The van der Waals surface area contributed by atoms with Crippen LogP contribution < -0.4 is 16.2 Å². The van der Waals surface area contributed by atoms with Crippen LogP contribution in [-0.2, 0) is 11.2 Å². The van der Waals surface area contributed by atoms with Crippen LogP contribution in [0.2, 0.25) is 0 Å². The minimum atomic E-state index is -0.412. The Balaban J connectivity index is 2.14. The average Bonchev–Trinajstić information content (AvgIpc) is 2.38. The van der Waals surface area contributed by atoms with Crippen molar-refractivity contribution >= 4 is 23.2 Å². The topological polar surface area (TPSA) is 77.0 Å². The first-order valence-corrected chi connectivity index (χ1v) is 5.87. The van der Waals surface area contributed by atoms with Gasteiger partial charge in [-0.25, -0.2) is 0 Å². The van der Waals surface area contributed by atoms with Crippen molar-refractivity contribution in [1.82, 2.24) is 16.2 Å². The Labute approximate surface area is 111 Å². The maximum absolute atomic E-state index is 11.0. The average molecular weight is 262 g/mol. The number of hydrogen-bond donors (Lipinski definition) is 3. The molecule has 0 unspecified atom stereocenters. The molecule has 0 fully saturated rings. The van der Waals surface area contributed by atoms with Gasteiger partial charge in [-0.3, -0.25) is 15.6 Å². The monoisotopic (exact) mass is 262 g/mol. The molecular formula is C12H14N4OS. The van der Waals surface area contributed by atoms with Crippen LogP contribution in [0.15, 0.2) is 30.3 Å². The first-order valence-electron chi connectivity index (χ1n) is 5.46. The summed E-state index contributed by atoms with van der Waals surface area (Å²) in [4.78, 5) is 11.0. The standard InChI is InChI=1S/C12H14N4OS/c13-8-6-11(17)15-16-12(18)14-9-7-10-4-2-1-3-5-10/h1-5H,6-7,9H2,(H,15,17)(H2,14,16,18). The van der Waals surface area contributed by atoms with E-state index < -0.39 is 5.91 Å². The number of hydrogen-bond acceptors (Lipinski definition) is 3. The molecule has 0 aliphatic carbocycles. The van der Waals surface area contributed by atoms with Crippen molar-refractivity contribution in [3.8, 4) is 6.07 Å². The van der Waals surface area contributed by atoms with Crippen LogP contribution in [0.3, 0.4) is 0 Å². The van der Waals surface area contributed by atoms with E-state index in [0.29, 0.717) is 11.7 Å². The van der Waals surface area contributed by atoms with Gasteiger partial charge >= 0.3 is 0 Å². The molecule has 0 aromatic heterocycles. The fourth-order valence-electron chi connectivity index (χ4n) is 1.25. The number of nitrogens with zero attached hydrogens (tertiary/aromatic N) is 1. The van der Waals surface area contributed by atoms with Gasteiger partial charge < -0.3 is 5.32 Å². The van der Waals surface area contributed by atoms with E-state index in [1.54, 1.807) is 6.07 Å². The molecule has 0 bridgehead atoms. The number of nitriles is 1. The van der Waals surface area contributed by atoms with Crippen molar-refractivity contribution in [3.63, 3.8) is 0 Å². The number of benzene rings is 1. The minimum Gasteiger partial charge on any atom is -0.361 e. The summed E-state index contributed by atoms with van der Waals surface area (Å²) in [6.07, 6.45) is 0.647. The molecule has 0 atom stereocenters. The number of carbonyl (C=O) groups excluding carboxylic acids is 1. The molecule has 0 spiro atoms. The zero-order valence-electron chi connectivity index (χ0n) is 9.77. The van der Waals surface area contributed by atoms with Crippen LogP contribution in [0.5, 0.6) is 0 Å². The zero-order valence-corrected chi connectivity index (χ0v) is 10.6. The molecule has 0 saturated heterocycles. The summed E-state index contributed by atoms with van der Waals surface area (Å²) in [5.41, 5.74) is 6.05. The minimum absolute atomic E-state index is 0.195. The molecule has 0 aliphatic rings. The smallest absolute Gasteiger partial charge is 0.252 e. The highest BCUT2D eigenvalue weighted by Gasteiger charge is 2.00. The Bertz CT molecular complexity index is 441. The van der Waals surface area contributed by atoms with E-state index in [1.165, 1.54) is 5.56 Å². The third-order valence-electron chi connectivity index (χ3n) is 2.10. The van der Waals surface area contributed by atoms with Gasteiger partial charge in [0.2, 0.25) is 0 Å². The summed E-state index contributed by atoms with van der Waals surface area (Å²) in [6, 6.07) is 11.7. The zero-order chi connectivity index (χ0) is 13.2. The molecule has 0 radical (unpaired) electrons. The van der Waals surface area contributed by atoms with Gasteiger partial charge in [0.05, 0.1) is 6.07 Å². The quantitative estimate of drug-likeness (QED) is 0.548. The second kappa shape index (κ2) is 8.03. The molecule has 5 nitrogen and oxygen atoms in total. The Hall–Kier alpha value is -2.13. The van der Waals surface area contributed by atoms with Crippen molar-refractivity contribution in [2.45, 2.75) is 12.8 Å². The molecule has 1 rings (SSSR count). The van der Waals surface area contributed by atoms with E-state index in [4.69, 9.17) is 17.5 Å². The number of thiocarbonyl (C=S) groups is 1. The predicted molar refractivity (Wildman–Crippen MR) is 72.3 cm³/mol. The van der Waals surface area contributed by atoms with E-state index in [0.717, 1.165) is 6.42 Å². The maximum Gasteiger partial charge on any atom is 0.252 e. The van der Waals surface area contributed by atoms with E-state index in [9.17, 15) is 4.79 Å². The summed E-state index contributed by atoms with van der Waals surface area (Å²) in [7, 11) is 0. The third kappa shape index (κ3) is 5.82. The van der Waals surface area contributed by atoms with Gasteiger partial charge in [0.15, 0.2) is 5.11 Å². The third-order valence-corrected chi connectivity index (χ3v) is 2.34. The van der Waals surface area contributed by atoms with Gasteiger partial charge in [0.1, 0.15) is 6.42 Å². The number of nitrogens with one attached hydrogen (secondary N) is 3. The SMILES string of the molecule is N#CCC(=O)NNC(=S)NCCc1ccccc1. The van der Waals surface area contributed by atoms with Crippen molar-refractivity contribution < 1.29 is 4.79 Å². The van der Waals surface area contributed by atoms with Gasteiger partial charge in [0.25, 0.3) is 5.91 Å². The Kier molecular flexibility index (Phi) is 6.22. The van der Waals surface area contributed by atoms with Gasteiger partial charge in [-0.05, 0) is 24.2 Å². The summed E-state index contributed by atoms with van der Waals surface area (Å²) in [6.45, 7) is 0.671. The number of carbonyl (C=O) groups is 1. The lowest BCUT2D eigenvalue weighted by atomic mass is 10.1. The van der Waals surface area contributed by atoms with Crippen LogP contribution in [0.25, 0.3) is 0 Å². The first kappa shape index (κ1) is 13.9. The van der Waals surface area contributed by atoms with Crippen LogP contribution >= 0.6 is 12.2 Å². The van der Waals surface area contributed by atoms with Crippen LogP contribution in [0.4, 0.5) is 0 Å². The van der Waals surface area contributed by atoms with E-state index in [1.807, 2.05) is 30.3 Å². The van der Waals surface area contributed by atoms with E-state index in [-0.39, 0.29) is 6.42 Å². The molecule has 0 saturated carbocycles. The largest absolute Gasteiger partial charge is 0.361 e. The molecule has 0 heterocycles. The fraction of sp³-hybridized carbons (Fsp3) is 0.250. The fourth-order valence-corrected chi connectivity index (χ4v) is 1.40. The van der Waals surface area contributed by atoms with Crippen LogP contribution in [0, 0.1) is 11.3 Å². The molecule has 1 aromatic carbocycles. The second-order valence-electron chi connectivity index (χ2n) is 3.50. The van der Waals surface area contributed by atoms with Gasteiger partial charge in [-0.2, -0.15) is 5.26 Å². The van der Waals surface area contributed by atoms with Crippen molar-refractivity contribution in [1.29, 1.82) is 5.26 Å². The van der Waals surface area contributed by atoms with Crippen LogP contribution in [-0.4, -0.2) is 17.6 Å². The number of rotatable bonds is 4. The lowest BCUT2D eigenvalue weighted by molar-refractivity contribution is -0.120. The van der Waals surface area contributed by atoms with Crippen LogP contribution in [0.1, 0.15) is 12.0 Å². The maximum atomic E-state index is 11.0. The molecular weight excluding hydrogens is 248 g/mol. The molecule has 6 heteroatoms. The summed E-state index contributed by atoms with van der Waals surface area (Å²) in [5.74, 6) is -0.412. The molecule has 94 valence electrons. The van der Waals surface area contributed by atoms with Gasteiger partial charge in [-0.15, -0.1) is 0 Å².